The highest BCUT2D eigenvalue weighted by molar-refractivity contribution is 9.09. The molecule has 0 aliphatic heterocycles. The molecule has 0 fully saturated rings. The Labute approximate surface area is 125 Å². The second-order valence-electron chi connectivity index (χ2n) is 5.23. The van der Waals surface area contributed by atoms with Gasteiger partial charge in [0.15, 0.2) is 0 Å². The van der Waals surface area contributed by atoms with Crippen molar-refractivity contribution in [1.29, 1.82) is 0 Å². The van der Waals surface area contributed by atoms with E-state index in [1.165, 1.54) is 33.4 Å². The first kappa shape index (κ1) is 14.3. The zero-order chi connectivity index (χ0) is 14.0. The Hall–Kier alpha value is -1.08. The first-order valence-corrected chi connectivity index (χ1v) is 7.75. The quantitative estimate of drug-likeness (QED) is 0.641. The lowest BCUT2D eigenvalue weighted by atomic mass is 9.91. The van der Waals surface area contributed by atoms with Crippen molar-refractivity contribution >= 4 is 15.9 Å². The van der Waals surface area contributed by atoms with Crippen molar-refractivity contribution in [2.24, 2.45) is 0 Å². The summed E-state index contributed by atoms with van der Waals surface area (Å²) >= 11 is 3.91. The first-order valence-electron chi connectivity index (χ1n) is 6.84. The SMILES string of the molecule is CCc1ccccc1C(Br)c1c(C)cc(C)cc1C. The second kappa shape index (κ2) is 5.92. The average Bonchev–Trinajstić information content (AvgIpc) is 2.37. The normalized spacial score (nSPS) is 12.5. The van der Waals surface area contributed by atoms with Crippen LogP contribution in [-0.2, 0) is 6.42 Å². The molecule has 2 aromatic carbocycles. The lowest BCUT2D eigenvalue weighted by molar-refractivity contribution is 1.03. The molecule has 0 radical (unpaired) electrons. The minimum Gasteiger partial charge on any atom is -0.0786 e. The van der Waals surface area contributed by atoms with Crippen molar-refractivity contribution in [3.05, 3.63) is 69.8 Å². The molecule has 0 saturated heterocycles. The van der Waals surface area contributed by atoms with Crippen LogP contribution < -0.4 is 0 Å². The molecule has 1 heteroatoms. The van der Waals surface area contributed by atoms with E-state index in [1.54, 1.807) is 0 Å². The van der Waals surface area contributed by atoms with E-state index in [1.807, 2.05) is 0 Å². The van der Waals surface area contributed by atoms with Crippen LogP contribution in [0.5, 0.6) is 0 Å². The summed E-state index contributed by atoms with van der Waals surface area (Å²) in [6.07, 6.45) is 1.07. The summed E-state index contributed by atoms with van der Waals surface area (Å²) in [5, 5.41) is 0. The summed E-state index contributed by atoms with van der Waals surface area (Å²) in [5.41, 5.74) is 8.29. The Kier molecular flexibility index (Phi) is 4.46. The monoisotopic (exact) mass is 316 g/mol. The second-order valence-corrected chi connectivity index (χ2v) is 6.14. The Morgan fingerprint density at radius 3 is 2.16 bits per heavy atom. The zero-order valence-electron chi connectivity index (χ0n) is 12.1. The topological polar surface area (TPSA) is 0 Å². The fourth-order valence-electron chi connectivity index (χ4n) is 2.85. The van der Waals surface area contributed by atoms with E-state index >= 15 is 0 Å². The van der Waals surface area contributed by atoms with Gasteiger partial charge in [-0.2, -0.15) is 0 Å². The van der Waals surface area contributed by atoms with E-state index < -0.39 is 0 Å². The van der Waals surface area contributed by atoms with Crippen LogP contribution in [0, 0.1) is 20.8 Å². The Balaban J connectivity index is 2.53. The van der Waals surface area contributed by atoms with Crippen molar-refractivity contribution in [2.75, 3.05) is 0 Å². The summed E-state index contributed by atoms with van der Waals surface area (Å²) < 4.78 is 0. The van der Waals surface area contributed by atoms with Crippen LogP contribution in [0.15, 0.2) is 36.4 Å². The van der Waals surface area contributed by atoms with Gasteiger partial charge < -0.3 is 0 Å². The lowest BCUT2D eigenvalue weighted by Crippen LogP contribution is -2.02. The van der Waals surface area contributed by atoms with Crippen LogP contribution in [0.3, 0.4) is 0 Å². The maximum Gasteiger partial charge on any atom is 0.0652 e. The molecule has 0 amide bonds. The van der Waals surface area contributed by atoms with E-state index in [9.17, 15) is 0 Å². The highest BCUT2D eigenvalue weighted by atomic mass is 79.9. The molecule has 0 nitrogen and oxygen atoms in total. The summed E-state index contributed by atoms with van der Waals surface area (Å²) in [7, 11) is 0. The van der Waals surface area contributed by atoms with Gasteiger partial charge in [0.25, 0.3) is 0 Å². The average molecular weight is 317 g/mol. The summed E-state index contributed by atoms with van der Waals surface area (Å²) in [6, 6.07) is 13.2. The van der Waals surface area contributed by atoms with Gasteiger partial charge in [-0.05, 0) is 55.0 Å². The Morgan fingerprint density at radius 2 is 1.58 bits per heavy atom. The van der Waals surface area contributed by atoms with Crippen LogP contribution in [0.1, 0.15) is 45.1 Å². The van der Waals surface area contributed by atoms with E-state index in [0.29, 0.717) is 0 Å². The van der Waals surface area contributed by atoms with Gasteiger partial charge in [0.2, 0.25) is 0 Å². The van der Waals surface area contributed by atoms with Gasteiger partial charge in [-0.25, -0.2) is 0 Å². The van der Waals surface area contributed by atoms with Crippen LogP contribution in [0.25, 0.3) is 0 Å². The van der Waals surface area contributed by atoms with Crippen molar-refractivity contribution in [3.63, 3.8) is 0 Å². The highest BCUT2D eigenvalue weighted by Crippen LogP contribution is 2.37. The molecule has 19 heavy (non-hydrogen) atoms. The summed E-state index contributed by atoms with van der Waals surface area (Å²) in [6.45, 7) is 8.79. The number of benzene rings is 2. The van der Waals surface area contributed by atoms with Gasteiger partial charge in [-0.15, -0.1) is 0 Å². The largest absolute Gasteiger partial charge is 0.0786 e. The van der Waals surface area contributed by atoms with Gasteiger partial charge in [-0.1, -0.05) is 64.8 Å². The molecule has 0 aliphatic rings. The number of rotatable bonds is 3. The van der Waals surface area contributed by atoms with Crippen molar-refractivity contribution in [1.82, 2.24) is 0 Å². The number of aryl methyl sites for hydroxylation is 4. The van der Waals surface area contributed by atoms with Crippen molar-refractivity contribution in [3.8, 4) is 0 Å². The van der Waals surface area contributed by atoms with E-state index in [2.05, 4.69) is 80.0 Å². The predicted octanol–water partition coefficient (Wildman–Crippen LogP) is 5.66. The van der Waals surface area contributed by atoms with Gasteiger partial charge in [0.1, 0.15) is 0 Å². The third-order valence-electron chi connectivity index (χ3n) is 3.70. The number of hydrogen-bond acceptors (Lipinski definition) is 0. The molecular formula is C18H21Br. The Morgan fingerprint density at radius 1 is 1.00 bits per heavy atom. The Bertz CT molecular complexity index is 561. The fraction of sp³-hybridized carbons (Fsp3) is 0.333. The third-order valence-corrected chi connectivity index (χ3v) is 4.65. The molecule has 0 spiro atoms. The standard InChI is InChI=1S/C18H21Br/c1-5-15-8-6-7-9-16(15)18(19)17-13(3)10-12(2)11-14(17)4/h6-11,18H,5H2,1-4H3. The molecule has 0 N–H and O–H groups in total. The molecule has 100 valence electrons. The van der Waals surface area contributed by atoms with E-state index in [0.717, 1.165) is 6.42 Å². The molecule has 0 aliphatic carbocycles. The maximum absolute atomic E-state index is 3.91. The summed E-state index contributed by atoms with van der Waals surface area (Å²) in [4.78, 5) is 0.282. The van der Waals surface area contributed by atoms with Crippen molar-refractivity contribution in [2.45, 2.75) is 38.9 Å². The molecule has 0 saturated carbocycles. The third kappa shape index (κ3) is 2.92. The molecule has 0 heterocycles. The number of hydrogen-bond donors (Lipinski definition) is 0. The van der Waals surface area contributed by atoms with Gasteiger partial charge in [-0.3, -0.25) is 0 Å². The van der Waals surface area contributed by atoms with Crippen LogP contribution in [0.4, 0.5) is 0 Å². The zero-order valence-corrected chi connectivity index (χ0v) is 13.7. The molecule has 2 rings (SSSR count). The lowest BCUT2D eigenvalue weighted by Gasteiger charge is -2.20. The molecular weight excluding hydrogens is 296 g/mol. The molecule has 1 atom stereocenters. The van der Waals surface area contributed by atoms with Crippen LogP contribution in [-0.4, -0.2) is 0 Å². The van der Waals surface area contributed by atoms with Gasteiger partial charge in [0.05, 0.1) is 4.83 Å². The van der Waals surface area contributed by atoms with Crippen molar-refractivity contribution < 1.29 is 0 Å². The molecule has 1 unspecified atom stereocenters. The minimum atomic E-state index is 0.282. The van der Waals surface area contributed by atoms with Crippen LogP contribution in [0.2, 0.25) is 0 Å². The molecule has 2 aromatic rings. The summed E-state index contributed by atoms with van der Waals surface area (Å²) in [5.74, 6) is 0. The van der Waals surface area contributed by atoms with Gasteiger partial charge >= 0.3 is 0 Å². The van der Waals surface area contributed by atoms with E-state index in [-0.39, 0.29) is 4.83 Å². The molecule has 0 bridgehead atoms. The smallest absolute Gasteiger partial charge is 0.0652 e. The first-order chi connectivity index (χ1) is 9.04. The maximum atomic E-state index is 3.91. The minimum absolute atomic E-state index is 0.282. The van der Waals surface area contributed by atoms with Gasteiger partial charge in [0, 0.05) is 0 Å². The highest BCUT2D eigenvalue weighted by Gasteiger charge is 2.17. The number of alkyl halides is 1. The fourth-order valence-corrected chi connectivity index (χ4v) is 4.02. The van der Waals surface area contributed by atoms with Crippen LogP contribution >= 0.6 is 15.9 Å². The predicted molar refractivity (Wildman–Crippen MR) is 87.2 cm³/mol. The van der Waals surface area contributed by atoms with E-state index in [4.69, 9.17) is 0 Å². The number of halogens is 1. The molecule has 0 aromatic heterocycles.